The molecule has 3 amide bonds. The van der Waals surface area contributed by atoms with Crippen molar-refractivity contribution in [3.8, 4) is 11.4 Å². The minimum atomic E-state index is -0.678. The summed E-state index contributed by atoms with van der Waals surface area (Å²) in [7, 11) is 3.42. The van der Waals surface area contributed by atoms with Crippen LogP contribution in [0.3, 0.4) is 0 Å². The Morgan fingerprint density at radius 1 is 1.16 bits per heavy atom. The lowest BCUT2D eigenvalue weighted by atomic mass is 10.0. The van der Waals surface area contributed by atoms with Gasteiger partial charge in [0.2, 0.25) is 0 Å². The van der Waals surface area contributed by atoms with E-state index in [9.17, 15) is 14.4 Å². The van der Waals surface area contributed by atoms with Crippen LogP contribution in [0, 0.1) is 6.92 Å². The molecule has 0 bridgehead atoms. The van der Waals surface area contributed by atoms with Crippen LogP contribution in [-0.4, -0.2) is 72.7 Å². The molecule has 194 valence electrons. The van der Waals surface area contributed by atoms with Crippen molar-refractivity contribution in [2.24, 2.45) is 5.73 Å². The van der Waals surface area contributed by atoms with E-state index in [0.717, 1.165) is 5.56 Å². The molecule has 0 radical (unpaired) electrons. The highest BCUT2D eigenvalue weighted by Crippen LogP contribution is 2.30. The first-order valence-corrected chi connectivity index (χ1v) is 12.2. The third-order valence-corrected chi connectivity index (χ3v) is 6.62. The Hall–Kier alpha value is -4.18. The zero-order valence-corrected chi connectivity index (χ0v) is 21.6. The van der Waals surface area contributed by atoms with Gasteiger partial charge < -0.3 is 25.6 Å². The van der Waals surface area contributed by atoms with Crippen LogP contribution in [0.1, 0.15) is 49.4 Å². The third-order valence-electron chi connectivity index (χ3n) is 6.62. The molecule has 0 atom stereocenters. The summed E-state index contributed by atoms with van der Waals surface area (Å²) in [5.74, 6) is -0.356. The fourth-order valence-electron chi connectivity index (χ4n) is 4.59. The van der Waals surface area contributed by atoms with E-state index in [2.05, 4.69) is 10.4 Å². The number of primary amides is 1. The summed E-state index contributed by atoms with van der Waals surface area (Å²) in [4.78, 5) is 42.4. The molecule has 3 N–H and O–H groups in total. The highest BCUT2D eigenvalue weighted by atomic mass is 16.5. The number of hydrogen-bond donors (Lipinski definition) is 2. The number of anilines is 1. The molecule has 0 aliphatic carbocycles. The summed E-state index contributed by atoms with van der Waals surface area (Å²) in [6.45, 7) is 6.10. The fourth-order valence-corrected chi connectivity index (χ4v) is 4.59. The maximum atomic E-state index is 13.8. The highest BCUT2D eigenvalue weighted by molar-refractivity contribution is 6.10. The first-order valence-electron chi connectivity index (χ1n) is 12.2. The highest BCUT2D eigenvalue weighted by Gasteiger charge is 2.34. The van der Waals surface area contributed by atoms with Crippen molar-refractivity contribution >= 4 is 23.4 Å². The van der Waals surface area contributed by atoms with E-state index >= 15 is 0 Å². The second kappa shape index (κ2) is 10.8. The molecule has 10 nitrogen and oxygen atoms in total. The zero-order valence-electron chi connectivity index (χ0n) is 21.6. The molecular weight excluding hydrogens is 472 g/mol. The number of nitrogens with two attached hydrogens (primary N) is 1. The van der Waals surface area contributed by atoms with Gasteiger partial charge in [0.05, 0.1) is 12.8 Å². The number of benzene rings is 2. The van der Waals surface area contributed by atoms with Crippen LogP contribution in [-0.2, 0) is 6.42 Å². The molecule has 1 aromatic heterocycles. The fraction of sp³-hybridized carbons (Fsp3) is 0.333. The predicted octanol–water partition coefficient (Wildman–Crippen LogP) is 2.17. The smallest absolute Gasteiger partial charge is 0.277 e. The number of likely N-dealkylation sites (N-methyl/N-ethyl adjacent to an activating group) is 2. The number of carbonyl (C=O) groups is 3. The van der Waals surface area contributed by atoms with Gasteiger partial charge in [-0.25, -0.2) is 4.68 Å². The van der Waals surface area contributed by atoms with Crippen LogP contribution in [0.25, 0.3) is 5.69 Å². The Bertz CT molecular complexity index is 1330. The molecule has 0 saturated heterocycles. The molecule has 0 saturated carbocycles. The molecule has 1 aliphatic rings. The molecule has 0 unspecified atom stereocenters. The van der Waals surface area contributed by atoms with E-state index in [-0.39, 0.29) is 17.5 Å². The second-order valence-corrected chi connectivity index (χ2v) is 8.84. The zero-order chi connectivity index (χ0) is 26.7. The first kappa shape index (κ1) is 25.9. The van der Waals surface area contributed by atoms with Crippen LogP contribution in [0.4, 0.5) is 5.69 Å². The Kier molecular flexibility index (Phi) is 7.58. The lowest BCUT2D eigenvalue weighted by Crippen LogP contribution is -2.39. The van der Waals surface area contributed by atoms with Crippen molar-refractivity contribution in [3.05, 3.63) is 70.5 Å². The van der Waals surface area contributed by atoms with Crippen LogP contribution >= 0.6 is 0 Å². The van der Waals surface area contributed by atoms with E-state index in [4.69, 9.17) is 10.5 Å². The number of rotatable bonds is 9. The van der Waals surface area contributed by atoms with Gasteiger partial charge in [-0.2, -0.15) is 5.10 Å². The van der Waals surface area contributed by atoms with Gasteiger partial charge >= 0.3 is 0 Å². The van der Waals surface area contributed by atoms with Crippen molar-refractivity contribution in [1.29, 1.82) is 0 Å². The van der Waals surface area contributed by atoms with Crippen LogP contribution in [0.15, 0.2) is 42.5 Å². The summed E-state index contributed by atoms with van der Waals surface area (Å²) in [6.07, 6.45) is 0.420. The topological polar surface area (TPSA) is 123 Å². The third kappa shape index (κ3) is 4.92. The van der Waals surface area contributed by atoms with Crippen LogP contribution in [0.2, 0.25) is 0 Å². The minimum absolute atomic E-state index is 0.0438. The van der Waals surface area contributed by atoms with Crippen molar-refractivity contribution in [1.82, 2.24) is 20.0 Å². The maximum absolute atomic E-state index is 13.8. The number of amides is 3. The molecule has 37 heavy (non-hydrogen) atoms. The van der Waals surface area contributed by atoms with Gasteiger partial charge in [-0.1, -0.05) is 0 Å². The molecular formula is C27H32N6O4. The van der Waals surface area contributed by atoms with Gasteiger partial charge in [-0.3, -0.25) is 14.4 Å². The van der Waals surface area contributed by atoms with Crippen molar-refractivity contribution < 1.29 is 19.1 Å². The number of ether oxygens (including phenoxy) is 1. The van der Waals surface area contributed by atoms with Crippen molar-refractivity contribution in [2.45, 2.75) is 20.3 Å². The van der Waals surface area contributed by atoms with Crippen LogP contribution in [0.5, 0.6) is 5.75 Å². The molecule has 2 heterocycles. The molecule has 10 heteroatoms. The van der Waals surface area contributed by atoms with E-state index in [1.54, 1.807) is 53.3 Å². The number of nitrogens with one attached hydrogen (secondary N) is 1. The van der Waals surface area contributed by atoms with Gasteiger partial charge in [0, 0.05) is 43.0 Å². The number of methoxy groups -OCH3 is 1. The number of aryl methyl sites for hydroxylation is 1. The van der Waals surface area contributed by atoms with E-state index in [0.29, 0.717) is 66.5 Å². The summed E-state index contributed by atoms with van der Waals surface area (Å²) in [5.41, 5.74) is 9.20. The molecule has 3 aromatic rings. The average molecular weight is 505 g/mol. The van der Waals surface area contributed by atoms with Gasteiger partial charge in [0.15, 0.2) is 5.69 Å². The quantitative estimate of drug-likeness (QED) is 0.461. The minimum Gasteiger partial charge on any atom is -0.497 e. The molecule has 4 rings (SSSR count). The number of carbonyl (C=O) groups excluding carboxylic acids is 3. The molecule has 0 spiro atoms. The largest absolute Gasteiger partial charge is 0.497 e. The van der Waals surface area contributed by atoms with Gasteiger partial charge in [0.25, 0.3) is 17.7 Å². The maximum Gasteiger partial charge on any atom is 0.277 e. The molecule has 2 aromatic carbocycles. The van der Waals surface area contributed by atoms with Gasteiger partial charge in [0.1, 0.15) is 11.4 Å². The lowest BCUT2D eigenvalue weighted by molar-refractivity contribution is 0.0765. The summed E-state index contributed by atoms with van der Waals surface area (Å²) in [6, 6.07) is 12.5. The SMILES string of the molecule is CCN(CCNC)C(=O)c1ccc(N2CCc3c(C(N)=O)nn(-c4ccc(OC)cc4)c3C2=O)cc1C. The summed E-state index contributed by atoms with van der Waals surface area (Å²) < 4.78 is 6.69. The van der Waals surface area contributed by atoms with Crippen molar-refractivity contribution in [3.63, 3.8) is 0 Å². The second-order valence-electron chi connectivity index (χ2n) is 8.84. The van der Waals surface area contributed by atoms with E-state index in [1.165, 1.54) is 4.68 Å². The van der Waals surface area contributed by atoms with Gasteiger partial charge in [-0.15, -0.1) is 0 Å². The monoisotopic (exact) mass is 504 g/mol. The lowest BCUT2D eigenvalue weighted by Gasteiger charge is -2.28. The molecule has 1 aliphatic heterocycles. The Labute approximate surface area is 216 Å². The summed E-state index contributed by atoms with van der Waals surface area (Å²) >= 11 is 0. The van der Waals surface area contributed by atoms with E-state index < -0.39 is 5.91 Å². The Balaban J connectivity index is 1.69. The normalized spacial score (nSPS) is 12.9. The average Bonchev–Trinajstić information content (AvgIpc) is 3.30. The number of hydrogen-bond acceptors (Lipinski definition) is 6. The number of fused-ring (bicyclic) bond motifs is 1. The predicted molar refractivity (Wildman–Crippen MR) is 141 cm³/mol. The molecule has 0 fully saturated rings. The standard InChI is InChI=1S/C27H32N6O4/c1-5-31(15-13-29-3)26(35)21-11-8-19(16-17(21)2)32-14-12-22-23(25(28)34)30-33(24(22)27(32)36)18-6-9-20(37-4)10-7-18/h6-11,16,29H,5,12-15H2,1-4H3,(H2,28,34). The number of nitrogens with zero attached hydrogens (tertiary/aromatic N) is 4. The first-order chi connectivity index (χ1) is 17.8. The van der Waals surface area contributed by atoms with Gasteiger partial charge in [-0.05, 0) is 75.3 Å². The Morgan fingerprint density at radius 2 is 1.86 bits per heavy atom. The van der Waals surface area contributed by atoms with Crippen LogP contribution < -0.4 is 20.7 Å². The number of aromatic nitrogens is 2. The van der Waals surface area contributed by atoms with Crippen molar-refractivity contribution in [2.75, 3.05) is 45.2 Å². The Morgan fingerprint density at radius 3 is 2.46 bits per heavy atom. The van der Waals surface area contributed by atoms with E-state index in [1.807, 2.05) is 27.0 Å². The summed E-state index contributed by atoms with van der Waals surface area (Å²) in [5, 5.41) is 7.47.